The molecule has 0 saturated heterocycles. The van der Waals surface area contributed by atoms with E-state index in [-0.39, 0.29) is 16.3 Å². The van der Waals surface area contributed by atoms with Crippen LogP contribution in [0.2, 0.25) is 5.02 Å². The van der Waals surface area contributed by atoms with E-state index in [9.17, 15) is 9.18 Å². The SMILES string of the molecule is CN(C(=O)c1cccc(N)c1Cl)c1ccccc1F. The van der Waals surface area contributed by atoms with Crippen LogP contribution in [0.15, 0.2) is 42.5 Å². The van der Waals surface area contributed by atoms with Gasteiger partial charge in [0, 0.05) is 7.05 Å². The molecule has 2 N–H and O–H groups in total. The zero-order chi connectivity index (χ0) is 14.0. The summed E-state index contributed by atoms with van der Waals surface area (Å²) in [5, 5.41) is 0.177. The molecule has 0 radical (unpaired) electrons. The second kappa shape index (κ2) is 5.28. The molecule has 3 nitrogen and oxygen atoms in total. The van der Waals surface area contributed by atoms with Crippen molar-refractivity contribution < 1.29 is 9.18 Å². The summed E-state index contributed by atoms with van der Waals surface area (Å²) in [6, 6.07) is 10.8. The van der Waals surface area contributed by atoms with Crippen molar-refractivity contribution in [2.45, 2.75) is 0 Å². The van der Waals surface area contributed by atoms with Crippen molar-refractivity contribution in [3.8, 4) is 0 Å². The van der Waals surface area contributed by atoms with Crippen molar-refractivity contribution >= 4 is 28.9 Å². The van der Waals surface area contributed by atoms with Crippen LogP contribution in [-0.4, -0.2) is 13.0 Å². The fourth-order valence-electron chi connectivity index (χ4n) is 1.73. The minimum Gasteiger partial charge on any atom is -0.398 e. The maximum Gasteiger partial charge on any atom is 0.259 e. The minimum atomic E-state index is -0.474. The highest BCUT2D eigenvalue weighted by atomic mass is 35.5. The Morgan fingerprint density at radius 1 is 1.21 bits per heavy atom. The number of benzene rings is 2. The Labute approximate surface area is 115 Å². The van der Waals surface area contributed by atoms with Crippen molar-refractivity contribution in [1.29, 1.82) is 0 Å². The summed E-state index contributed by atoms with van der Waals surface area (Å²) in [4.78, 5) is 13.5. The Morgan fingerprint density at radius 2 is 1.89 bits per heavy atom. The van der Waals surface area contributed by atoms with Crippen molar-refractivity contribution in [2.75, 3.05) is 17.7 Å². The van der Waals surface area contributed by atoms with Gasteiger partial charge in [0.2, 0.25) is 0 Å². The fourth-order valence-corrected chi connectivity index (χ4v) is 1.94. The molecule has 5 heteroatoms. The summed E-state index contributed by atoms with van der Waals surface area (Å²) in [6.45, 7) is 0. The Morgan fingerprint density at radius 3 is 2.58 bits per heavy atom. The maximum absolute atomic E-state index is 13.6. The summed E-state index contributed by atoms with van der Waals surface area (Å²) < 4.78 is 13.6. The average molecular weight is 279 g/mol. The lowest BCUT2D eigenvalue weighted by Crippen LogP contribution is -2.27. The number of carbonyl (C=O) groups is 1. The van der Waals surface area contributed by atoms with Gasteiger partial charge in [-0.3, -0.25) is 4.79 Å². The predicted molar refractivity (Wildman–Crippen MR) is 75.0 cm³/mol. The van der Waals surface area contributed by atoms with Gasteiger partial charge in [-0.05, 0) is 24.3 Å². The molecule has 0 spiro atoms. The number of rotatable bonds is 2. The molecule has 0 bridgehead atoms. The molecule has 0 aliphatic carbocycles. The number of amides is 1. The van der Waals surface area contributed by atoms with Gasteiger partial charge in [0.15, 0.2) is 0 Å². The largest absolute Gasteiger partial charge is 0.398 e. The van der Waals surface area contributed by atoms with Gasteiger partial charge in [-0.2, -0.15) is 0 Å². The number of nitrogen functional groups attached to an aromatic ring is 1. The zero-order valence-corrected chi connectivity index (χ0v) is 11.0. The van der Waals surface area contributed by atoms with Gasteiger partial charge in [0.25, 0.3) is 5.91 Å². The number of para-hydroxylation sites is 1. The maximum atomic E-state index is 13.6. The van der Waals surface area contributed by atoms with E-state index in [1.54, 1.807) is 30.3 Å². The van der Waals surface area contributed by atoms with Crippen LogP contribution >= 0.6 is 11.6 Å². The molecule has 0 atom stereocenters. The van der Waals surface area contributed by atoms with Crippen LogP contribution in [-0.2, 0) is 0 Å². The highest BCUT2D eigenvalue weighted by molar-refractivity contribution is 6.36. The molecule has 19 heavy (non-hydrogen) atoms. The molecule has 98 valence electrons. The van der Waals surface area contributed by atoms with Crippen molar-refractivity contribution in [3.63, 3.8) is 0 Å². The van der Waals surface area contributed by atoms with E-state index < -0.39 is 11.7 Å². The Kier molecular flexibility index (Phi) is 3.71. The van der Waals surface area contributed by atoms with Crippen LogP contribution in [0.25, 0.3) is 0 Å². The van der Waals surface area contributed by atoms with E-state index in [2.05, 4.69) is 0 Å². The number of hydrogen-bond acceptors (Lipinski definition) is 2. The molecule has 0 saturated carbocycles. The van der Waals surface area contributed by atoms with Gasteiger partial charge in [0.05, 0.1) is 22.0 Å². The Bertz CT molecular complexity index is 631. The van der Waals surface area contributed by atoms with Crippen molar-refractivity contribution in [2.24, 2.45) is 0 Å². The smallest absolute Gasteiger partial charge is 0.259 e. The molecule has 2 aromatic carbocycles. The molecule has 0 aliphatic rings. The molecular formula is C14H12ClFN2O. The minimum absolute atomic E-state index is 0.177. The number of carbonyl (C=O) groups excluding carboxylic acids is 1. The number of anilines is 2. The van der Waals surface area contributed by atoms with E-state index in [1.165, 1.54) is 24.1 Å². The monoisotopic (exact) mass is 278 g/mol. The van der Waals surface area contributed by atoms with E-state index in [0.29, 0.717) is 5.69 Å². The fraction of sp³-hybridized carbons (Fsp3) is 0.0714. The van der Waals surface area contributed by atoms with Crippen LogP contribution in [0.3, 0.4) is 0 Å². The van der Waals surface area contributed by atoms with Gasteiger partial charge in [0.1, 0.15) is 5.82 Å². The second-order valence-corrected chi connectivity index (χ2v) is 4.40. The Hall–Kier alpha value is -2.07. The number of hydrogen-bond donors (Lipinski definition) is 1. The molecule has 0 heterocycles. The second-order valence-electron chi connectivity index (χ2n) is 4.02. The molecule has 2 rings (SSSR count). The molecular weight excluding hydrogens is 267 g/mol. The van der Waals surface area contributed by atoms with Crippen molar-refractivity contribution in [1.82, 2.24) is 0 Å². The lowest BCUT2D eigenvalue weighted by atomic mass is 10.1. The first-order chi connectivity index (χ1) is 9.02. The first kappa shape index (κ1) is 13.4. The lowest BCUT2D eigenvalue weighted by molar-refractivity contribution is 0.0992. The van der Waals surface area contributed by atoms with Crippen LogP contribution < -0.4 is 10.6 Å². The summed E-state index contributed by atoms with van der Waals surface area (Å²) in [6.07, 6.45) is 0. The summed E-state index contributed by atoms with van der Waals surface area (Å²) in [5.41, 5.74) is 6.39. The van der Waals surface area contributed by atoms with E-state index in [0.717, 1.165) is 0 Å². The Balaban J connectivity index is 2.40. The number of halogens is 2. The third-order valence-corrected chi connectivity index (χ3v) is 3.20. The van der Waals surface area contributed by atoms with E-state index >= 15 is 0 Å². The summed E-state index contributed by atoms with van der Waals surface area (Å²) in [7, 11) is 1.49. The first-order valence-electron chi connectivity index (χ1n) is 5.59. The topological polar surface area (TPSA) is 46.3 Å². The van der Waals surface area contributed by atoms with Crippen LogP contribution in [0.1, 0.15) is 10.4 Å². The van der Waals surface area contributed by atoms with Crippen LogP contribution in [0.5, 0.6) is 0 Å². The lowest BCUT2D eigenvalue weighted by Gasteiger charge is -2.19. The normalized spacial score (nSPS) is 10.3. The van der Waals surface area contributed by atoms with E-state index in [1.807, 2.05) is 0 Å². The van der Waals surface area contributed by atoms with Crippen molar-refractivity contribution in [3.05, 3.63) is 58.9 Å². The highest BCUT2D eigenvalue weighted by Gasteiger charge is 2.19. The third-order valence-electron chi connectivity index (χ3n) is 2.78. The predicted octanol–water partition coefficient (Wildman–Crippen LogP) is 3.34. The molecule has 0 unspecified atom stereocenters. The quantitative estimate of drug-likeness (QED) is 0.857. The van der Waals surface area contributed by atoms with Crippen LogP contribution in [0.4, 0.5) is 15.8 Å². The average Bonchev–Trinajstić information content (AvgIpc) is 2.41. The van der Waals surface area contributed by atoms with Gasteiger partial charge in [-0.1, -0.05) is 29.8 Å². The van der Waals surface area contributed by atoms with Crippen LogP contribution in [0, 0.1) is 5.82 Å². The molecule has 0 aliphatic heterocycles. The van der Waals surface area contributed by atoms with Gasteiger partial charge >= 0.3 is 0 Å². The first-order valence-corrected chi connectivity index (χ1v) is 5.96. The van der Waals surface area contributed by atoms with Gasteiger partial charge in [-0.15, -0.1) is 0 Å². The summed E-state index contributed by atoms with van der Waals surface area (Å²) >= 11 is 5.99. The standard InChI is InChI=1S/C14H12ClFN2O/c1-18(12-8-3-2-6-10(12)16)14(19)9-5-4-7-11(17)13(9)15/h2-8H,17H2,1H3. The molecule has 2 aromatic rings. The third kappa shape index (κ3) is 2.53. The van der Waals surface area contributed by atoms with Gasteiger partial charge in [-0.25, -0.2) is 4.39 Å². The number of nitrogens with zero attached hydrogens (tertiary/aromatic N) is 1. The number of nitrogens with two attached hydrogens (primary N) is 1. The molecule has 1 amide bonds. The zero-order valence-electron chi connectivity index (χ0n) is 10.2. The highest BCUT2D eigenvalue weighted by Crippen LogP contribution is 2.26. The summed E-state index contributed by atoms with van der Waals surface area (Å²) in [5.74, 6) is -0.888. The van der Waals surface area contributed by atoms with E-state index in [4.69, 9.17) is 17.3 Å². The molecule has 0 fully saturated rings. The molecule has 0 aromatic heterocycles. The van der Waals surface area contributed by atoms with Gasteiger partial charge < -0.3 is 10.6 Å².